The highest BCUT2D eigenvalue weighted by molar-refractivity contribution is 8.10. The smallest absolute Gasteiger partial charge is 0.274 e. The van der Waals surface area contributed by atoms with Crippen molar-refractivity contribution in [1.29, 1.82) is 0 Å². The number of hydrogen-bond donors (Lipinski definition) is 0. The molecular formula is C6H11Cl2OP. The van der Waals surface area contributed by atoms with Crippen LogP contribution in [0.1, 0.15) is 26.2 Å². The first kappa shape index (κ1) is 10.6. The maximum absolute atomic E-state index is 10.6. The molecule has 0 spiro atoms. The predicted octanol–water partition coefficient (Wildman–Crippen LogP) is 4.36. The van der Waals surface area contributed by atoms with E-state index in [0.717, 1.165) is 19.3 Å². The Morgan fingerprint density at radius 1 is 1.50 bits per heavy atom. The minimum atomic E-state index is -2.94. The molecule has 0 radical (unpaired) electrons. The lowest BCUT2D eigenvalue weighted by Crippen LogP contribution is -1.64. The van der Waals surface area contributed by atoms with Gasteiger partial charge in [0.1, 0.15) is 0 Å². The third kappa shape index (κ3) is 8.55. The van der Waals surface area contributed by atoms with Crippen LogP contribution < -0.4 is 0 Å². The van der Waals surface area contributed by atoms with Gasteiger partial charge in [-0.1, -0.05) is 25.8 Å². The van der Waals surface area contributed by atoms with Crippen LogP contribution in [-0.4, -0.2) is 0 Å². The molecule has 0 fully saturated rings. The summed E-state index contributed by atoms with van der Waals surface area (Å²) in [5.74, 6) is -1.56. The van der Waals surface area contributed by atoms with Crippen LogP contribution in [0.2, 0.25) is 0 Å². The molecule has 0 aliphatic carbocycles. The Hall–Kier alpha value is 0.550. The zero-order chi connectivity index (χ0) is 8.04. The largest absolute Gasteiger partial charge is 0.285 e. The number of hydrogen-bond acceptors (Lipinski definition) is 1. The Labute approximate surface area is 71.4 Å². The average molecular weight is 201 g/mol. The second-order valence-electron chi connectivity index (χ2n) is 2.03. The number of rotatable bonds is 4. The van der Waals surface area contributed by atoms with Gasteiger partial charge in [-0.3, -0.25) is 4.57 Å². The molecule has 0 N–H and O–H groups in total. The Balaban J connectivity index is 3.47. The van der Waals surface area contributed by atoms with Gasteiger partial charge in [-0.15, -0.1) is 0 Å². The van der Waals surface area contributed by atoms with Gasteiger partial charge in [-0.05, 0) is 34.7 Å². The third-order valence-electron chi connectivity index (χ3n) is 1.00. The Morgan fingerprint density at radius 2 is 2.10 bits per heavy atom. The molecule has 0 saturated carbocycles. The molecule has 0 unspecified atom stereocenters. The molecule has 0 heterocycles. The van der Waals surface area contributed by atoms with Gasteiger partial charge >= 0.3 is 0 Å². The van der Waals surface area contributed by atoms with Crippen molar-refractivity contribution in [2.24, 2.45) is 0 Å². The van der Waals surface area contributed by atoms with Gasteiger partial charge in [0.25, 0.3) is 5.85 Å². The molecule has 0 aromatic rings. The zero-order valence-corrected chi connectivity index (χ0v) is 8.29. The molecule has 10 heavy (non-hydrogen) atoms. The Bertz CT molecular complexity index is 150. The monoisotopic (exact) mass is 200 g/mol. The molecule has 4 heteroatoms. The van der Waals surface area contributed by atoms with E-state index in [1.54, 1.807) is 6.08 Å². The Morgan fingerprint density at radius 3 is 2.50 bits per heavy atom. The van der Waals surface area contributed by atoms with Gasteiger partial charge in [0, 0.05) is 0 Å². The highest BCUT2D eigenvalue weighted by Crippen LogP contribution is 2.58. The van der Waals surface area contributed by atoms with E-state index in [4.69, 9.17) is 22.5 Å². The van der Waals surface area contributed by atoms with Crippen molar-refractivity contribution in [2.75, 3.05) is 0 Å². The number of allylic oxidation sites excluding steroid dienone is 1. The first-order chi connectivity index (χ1) is 4.56. The van der Waals surface area contributed by atoms with E-state index < -0.39 is 5.85 Å². The molecule has 0 aromatic heterocycles. The summed E-state index contributed by atoms with van der Waals surface area (Å²) in [7, 11) is 0. The van der Waals surface area contributed by atoms with Crippen molar-refractivity contribution in [3.8, 4) is 0 Å². The summed E-state index contributed by atoms with van der Waals surface area (Å²) in [6.45, 7) is 2.09. The van der Waals surface area contributed by atoms with Gasteiger partial charge in [-0.2, -0.15) is 0 Å². The fourth-order valence-corrected chi connectivity index (χ4v) is 1.39. The minimum absolute atomic E-state index is 0.903. The first-order valence-electron chi connectivity index (χ1n) is 3.23. The van der Waals surface area contributed by atoms with Crippen LogP contribution in [0.15, 0.2) is 11.9 Å². The fraction of sp³-hybridized carbons (Fsp3) is 0.667. The Kier molecular flexibility index (Phi) is 5.52. The van der Waals surface area contributed by atoms with Crippen molar-refractivity contribution in [3.05, 3.63) is 11.9 Å². The van der Waals surface area contributed by atoms with E-state index in [-0.39, 0.29) is 0 Å². The van der Waals surface area contributed by atoms with Crippen LogP contribution in [0, 0.1) is 0 Å². The van der Waals surface area contributed by atoms with E-state index in [0.29, 0.717) is 0 Å². The second kappa shape index (κ2) is 5.23. The summed E-state index contributed by atoms with van der Waals surface area (Å²) in [4.78, 5) is 0. The molecule has 0 amide bonds. The minimum Gasteiger partial charge on any atom is -0.285 e. The molecule has 0 bridgehead atoms. The van der Waals surface area contributed by atoms with Crippen molar-refractivity contribution in [2.45, 2.75) is 26.2 Å². The molecule has 60 valence electrons. The lowest BCUT2D eigenvalue weighted by molar-refractivity contribution is 0.597. The van der Waals surface area contributed by atoms with Gasteiger partial charge < -0.3 is 0 Å². The molecule has 0 atom stereocenters. The van der Waals surface area contributed by atoms with Gasteiger partial charge in [-0.25, -0.2) is 0 Å². The fourth-order valence-electron chi connectivity index (χ4n) is 0.519. The predicted molar refractivity (Wildman–Crippen MR) is 48.0 cm³/mol. The third-order valence-corrected chi connectivity index (χ3v) is 2.24. The van der Waals surface area contributed by atoms with Crippen molar-refractivity contribution in [1.82, 2.24) is 0 Å². The summed E-state index contributed by atoms with van der Waals surface area (Å²) in [6, 6.07) is 0. The van der Waals surface area contributed by atoms with E-state index >= 15 is 0 Å². The van der Waals surface area contributed by atoms with E-state index in [9.17, 15) is 4.57 Å². The first-order valence-corrected chi connectivity index (χ1v) is 6.81. The van der Waals surface area contributed by atoms with Crippen LogP contribution in [-0.2, 0) is 4.57 Å². The average Bonchev–Trinajstić information content (AvgIpc) is 1.78. The second-order valence-corrected chi connectivity index (χ2v) is 6.87. The van der Waals surface area contributed by atoms with E-state index in [1.807, 2.05) is 0 Å². The molecule has 1 nitrogen and oxygen atoms in total. The van der Waals surface area contributed by atoms with Crippen LogP contribution in [0.3, 0.4) is 0 Å². The van der Waals surface area contributed by atoms with Gasteiger partial charge in [0.2, 0.25) is 0 Å². The lowest BCUT2D eigenvalue weighted by atomic mass is 10.2. The highest BCUT2D eigenvalue weighted by Gasteiger charge is 2.05. The standard InChI is InChI=1S/C6H11Cl2OP/c1-2-3-4-5-6-10(7,8)9/h5-6H,2-4H2,1H3/b6-5+. The SMILES string of the molecule is CCCC/C=C/P(=O)(Cl)Cl. The number of unbranched alkanes of at least 4 members (excludes halogenated alkanes) is 2. The van der Waals surface area contributed by atoms with E-state index in [2.05, 4.69) is 6.92 Å². The molecule has 0 rings (SSSR count). The molecule has 0 aromatic carbocycles. The summed E-state index contributed by atoms with van der Waals surface area (Å²) in [5, 5.41) is 0. The van der Waals surface area contributed by atoms with Gasteiger partial charge in [0.05, 0.1) is 0 Å². The number of halogens is 2. The van der Waals surface area contributed by atoms with Crippen LogP contribution in [0.5, 0.6) is 0 Å². The molecular weight excluding hydrogens is 190 g/mol. The van der Waals surface area contributed by atoms with E-state index in [1.165, 1.54) is 5.82 Å². The van der Waals surface area contributed by atoms with Gasteiger partial charge in [0.15, 0.2) is 0 Å². The lowest BCUT2D eigenvalue weighted by Gasteiger charge is -1.90. The summed E-state index contributed by atoms with van der Waals surface area (Å²) >= 11 is 10.5. The molecule has 0 saturated heterocycles. The summed E-state index contributed by atoms with van der Waals surface area (Å²) < 4.78 is 10.6. The van der Waals surface area contributed by atoms with Crippen molar-refractivity contribution < 1.29 is 4.57 Å². The van der Waals surface area contributed by atoms with Crippen LogP contribution in [0.25, 0.3) is 0 Å². The summed E-state index contributed by atoms with van der Waals surface area (Å²) in [5.41, 5.74) is 0. The molecule has 0 aliphatic heterocycles. The topological polar surface area (TPSA) is 17.1 Å². The maximum atomic E-state index is 10.6. The zero-order valence-electron chi connectivity index (χ0n) is 5.89. The van der Waals surface area contributed by atoms with Crippen LogP contribution in [0.4, 0.5) is 0 Å². The quantitative estimate of drug-likeness (QED) is 0.487. The van der Waals surface area contributed by atoms with Crippen molar-refractivity contribution in [3.63, 3.8) is 0 Å². The van der Waals surface area contributed by atoms with Crippen LogP contribution >= 0.6 is 28.3 Å². The normalized spacial score (nSPS) is 12.7. The molecule has 0 aliphatic rings. The highest BCUT2D eigenvalue weighted by atomic mass is 35.9. The van der Waals surface area contributed by atoms with Crippen molar-refractivity contribution >= 4 is 28.3 Å². The summed E-state index contributed by atoms with van der Waals surface area (Å²) in [6.07, 6.45) is 4.88. The maximum Gasteiger partial charge on any atom is 0.274 e.